The number of nitrogens with zero attached hydrogens (tertiary/aromatic N) is 1. The molecular weight excluding hydrogens is 354 g/mol. The van der Waals surface area contributed by atoms with E-state index in [9.17, 15) is 9.59 Å². The number of rotatable bonds is 5. The van der Waals surface area contributed by atoms with E-state index in [0.717, 1.165) is 11.3 Å². The van der Waals surface area contributed by atoms with Gasteiger partial charge in [-0.3, -0.25) is 9.59 Å². The van der Waals surface area contributed by atoms with Gasteiger partial charge in [-0.2, -0.15) is 0 Å². The summed E-state index contributed by atoms with van der Waals surface area (Å²) in [5.74, 6) is -0.0976. The van der Waals surface area contributed by atoms with Crippen molar-refractivity contribution < 1.29 is 14.0 Å². The number of amides is 2. The maximum absolute atomic E-state index is 12.7. The Morgan fingerprint density at radius 2 is 1.64 bits per heavy atom. The maximum Gasteiger partial charge on any atom is 0.274 e. The van der Waals surface area contributed by atoms with Crippen molar-refractivity contribution in [2.24, 2.45) is 0 Å². The monoisotopic (exact) mass is 377 g/mol. The highest BCUT2D eigenvalue weighted by Crippen LogP contribution is 2.29. The number of para-hydroxylation sites is 1. The molecule has 3 aromatic rings. The van der Waals surface area contributed by atoms with Crippen LogP contribution in [0.3, 0.4) is 0 Å². The number of benzene rings is 1. The van der Waals surface area contributed by atoms with Gasteiger partial charge in [0.25, 0.3) is 11.8 Å². The number of hydrogen-bond acceptors (Lipinski definition) is 4. The van der Waals surface area contributed by atoms with Gasteiger partial charge in [0.05, 0.1) is 12.8 Å². The minimum Gasteiger partial charge on any atom is -0.467 e. The molecule has 0 spiro atoms. The molecule has 0 atom stereocenters. The number of anilines is 1. The second kappa shape index (κ2) is 8.08. The van der Waals surface area contributed by atoms with Crippen LogP contribution in [0, 0.1) is 0 Å². The third-order valence-electron chi connectivity index (χ3n) is 4.20. The van der Waals surface area contributed by atoms with Crippen LogP contribution < -0.4 is 10.6 Å². The maximum atomic E-state index is 12.7. The van der Waals surface area contributed by atoms with Gasteiger partial charge < -0.3 is 15.1 Å². The summed E-state index contributed by atoms with van der Waals surface area (Å²) < 4.78 is 5.19. The highest BCUT2D eigenvalue weighted by molar-refractivity contribution is 6.04. The van der Waals surface area contributed by atoms with Gasteiger partial charge in [0.15, 0.2) is 0 Å². The van der Waals surface area contributed by atoms with E-state index in [1.807, 2.05) is 24.3 Å². The van der Waals surface area contributed by atoms with Gasteiger partial charge in [0.1, 0.15) is 17.1 Å². The number of carbonyl (C=O) groups is 2. The van der Waals surface area contributed by atoms with Crippen molar-refractivity contribution in [3.63, 3.8) is 0 Å². The lowest BCUT2D eigenvalue weighted by atomic mass is 9.86. The fourth-order valence-electron chi connectivity index (χ4n) is 2.79. The van der Waals surface area contributed by atoms with E-state index in [0.29, 0.717) is 5.76 Å². The Labute approximate surface area is 164 Å². The van der Waals surface area contributed by atoms with Crippen molar-refractivity contribution in [3.8, 4) is 0 Å². The van der Waals surface area contributed by atoms with Crippen molar-refractivity contribution in [1.29, 1.82) is 0 Å². The normalized spacial score (nSPS) is 11.1. The highest BCUT2D eigenvalue weighted by atomic mass is 16.3. The molecule has 2 aromatic heterocycles. The molecule has 28 heavy (non-hydrogen) atoms. The first-order chi connectivity index (χ1) is 13.3. The molecule has 0 unspecified atom stereocenters. The highest BCUT2D eigenvalue weighted by Gasteiger charge is 2.20. The average Bonchev–Trinajstić information content (AvgIpc) is 3.19. The molecule has 0 aliphatic rings. The Bertz CT molecular complexity index is 973. The van der Waals surface area contributed by atoms with E-state index >= 15 is 0 Å². The number of carbonyl (C=O) groups excluding carboxylic acids is 2. The molecule has 0 radical (unpaired) electrons. The van der Waals surface area contributed by atoms with E-state index in [2.05, 4.69) is 36.4 Å². The zero-order chi connectivity index (χ0) is 20.1. The fourth-order valence-corrected chi connectivity index (χ4v) is 2.79. The number of furan rings is 1. The predicted molar refractivity (Wildman–Crippen MR) is 107 cm³/mol. The van der Waals surface area contributed by atoms with E-state index in [1.54, 1.807) is 36.6 Å². The first-order valence-corrected chi connectivity index (χ1v) is 9.03. The number of aromatic nitrogens is 1. The van der Waals surface area contributed by atoms with Crippen LogP contribution in [0.15, 0.2) is 65.3 Å². The number of nitrogens with one attached hydrogen (secondary N) is 2. The van der Waals surface area contributed by atoms with Crippen molar-refractivity contribution >= 4 is 17.5 Å². The zero-order valence-electron chi connectivity index (χ0n) is 16.2. The molecule has 1 aromatic carbocycles. The quantitative estimate of drug-likeness (QED) is 0.699. The summed E-state index contributed by atoms with van der Waals surface area (Å²) in [5.41, 5.74) is 1.98. The Balaban J connectivity index is 1.73. The Morgan fingerprint density at radius 3 is 2.32 bits per heavy atom. The molecule has 0 aliphatic carbocycles. The zero-order valence-corrected chi connectivity index (χ0v) is 16.2. The molecule has 144 valence electrons. The van der Waals surface area contributed by atoms with E-state index in [1.165, 1.54) is 0 Å². The first-order valence-electron chi connectivity index (χ1n) is 9.03. The second-order valence-electron chi connectivity index (χ2n) is 7.42. The van der Waals surface area contributed by atoms with Crippen molar-refractivity contribution in [2.45, 2.75) is 32.7 Å². The molecule has 0 saturated heterocycles. The molecule has 0 bridgehead atoms. The summed E-state index contributed by atoms with van der Waals surface area (Å²) in [6.45, 7) is 6.50. The van der Waals surface area contributed by atoms with E-state index in [-0.39, 0.29) is 35.2 Å². The predicted octanol–water partition coefficient (Wildman–Crippen LogP) is 4.15. The third-order valence-corrected chi connectivity index (χ3v) is 4.20. The van der Waals surface area contributed by atoms with Crippen LogP contribution in [0.2, 0.25) is 0 Å². The van der Waals surface area contributed by atoms with Gasteiger partial charge in [-0.15, -0.1) is 0 Å². The SMILES string of the molecule is CC(C)(C)c1ccccc1NC(=O)c1cccc(C(=O)NCc2ccco2)n1. The van der Waals surface area contributed by atoms with Gasteiger partial charge >= 0.3 is 0 Å². The van der Waals surface area contributed by atoms with E-state index < -0.39 is 0 Å². The first kappa shape index (κ1) is 19.4. The minimum atomic E-state index is -0.374. The summed E-state index contributed by atoms with van der Waals surface area (Å²) in [6.07, 6.45) is 1.54. The average molecular weight is 377 g/mol. The smallest absolute Gasteiger partial charge is 0.274 e. The lowest BCUT2D eigenvalue weighted by molar-refractivity contribution is 0.0943. The molecule has 0 saturated carbocycles. The Hall–Kier alpha value is -3.41. The van der Waals surface area contributed by atoms with Gasteiger partial charge in [0, 0.05) is 5.69 Å². The van der Waals surface area contributed by atoms with E-state index in [4.69, 9.17) is 4.42 Å². The summed E-state index contributed by atoms with van der Waals surface area (Å²) in [7, 11) is 0. The molecule has 6 heteroatoms. The molecule has 3 rings (SSSR count). The van der Waals surface area contributed by atoms with Crippen LogP contribution in [0.1, 0.15) is 53.1 Å². The van der Waals surface area contributed by atoms with Crippen LogP contribution in [0.5, 0.6) is 0 Å². The molecule has 6 nitrogen and oxygen atoms in total. The Morgan fingerprint density at radius 1 is 0.929 bits per heavy atom. The van der Waals surface area contributed by atoms with Crippen molar-refractivity contribution in [2.75, 3.05) is 5.32 Å². The number of hydrogen-bond donors (Lipinski definition) is 2. The van der Waals surface area contributed by atoms with Gasteiger partial charge in [0.2, 0.25) is 0 Å². The lowest BCUT2D eigenvalue weighted by Gasteiger charge is -2.22. The number of pyridine rings is 1. The van der Waals surface area contributed by atoms with Crippen molar-refractivity contribution in [1.82, 2.24) is 10.3 Å². The summed E-state index contributed by atoms with van der Waals surface area (Å²) >= 11 is 0. The topological polar surface area (TPSA) is 84.2 Å². The summed E-state index contributed by atoms with van der Waals surface area (Å²) in [6, 6.07) is 16.0. The molecule has 2 amide bonds. The van der Waals surface area contributed by atoms with Crippen LogP contribution >= 0.6 is 0 Å². The molecule has 2 heterocycles. The third kappa shape index (κ3) is 4.65. The lowest BCUT2D eigenvalue weighted by Crippen LogP contribution is -2.25. The van der Waals surface area contributed by atoms with Gasteiger partial charge in [-0.05, 0) is 41.3 Å². The minimum absolute atomic E-state index is 0.120. The second-order valence-corrected chi connectivity index (χ2v) is 7.42. The Kier molecular flexibility index (Phi) is 5.59. The standard InChI is InChI=1S/C22H23N3O3/c1-22(2,3)16-9-4-5-10-17(16)25-21(27)19-12-6-11-18(24-19)20(26)23-14-15-8-7-13-28-15/h4-13H,14H2,1-3H3,(H,23,26)(H,25,27). The van der Waals surface area contributed by atoms with Crippen LogP contribution in [-0.4, -0.2) is 16.8 Å². The van der Waals surface area contributed by atoms with Gasteiger partial charge in [-0.1, -0.05) is 45.0 Å². The molecule has 0 aliphatic heterocycles. The van der Waals surface area contributed by atoms with Crippen molar-refractivity contribution in [3.05, 3.63) is 83.6 Å². The summed E-state index contributed by atoms with van der Waals surface area (Å²) in [4.78, 5) is 29.2. The van der Waals surface area contributed by atoms with Crippen LogP contribution in [-0.2, 0) is 12.0 Å². The molecular formula is C22H23N3O3. The van der Waals surface area contributed by atoms with Crippen LogP contribution in [0.4, 0.5) is 5.69 Å². The molecule has 0 fully saturated rings. The van der Waals surface area contributed by atoms with Gasteiger partial charge in [-0.25, -0.2) is 4.98 Å². The van der Waals surface area contributed by atoms with Crippen LogP contribution in [0.25, 0.3) is 0 Å². The summed E-state index contributed by atoms with van der Waals surface area (Å²) in [5, 5.41) is 5.63. The largest absolute Gasteiger partial charge is 0.467 e. The molecule has 2 N–H and O–H groups in total. The fraction of sp³-hybridized carbons (Fsp3) is 0.227.